The summed E-state index contributed by atoms with van der Waals surface area (Å²) in [5, 5.41) is 16.2. The van der Waals surface area contributed by atoms with Crippen molar-refractivity contribution in [1.82, 2.24) is 5.32 Å². The number of amides is 2. The van der Waals surface area contributed by atoms with Crippen LogP contribution in [0.5, 0.6) is 11.5 Å². The molecule has 32 heavy (non-hydrogen) atoms. The third-order valence-corrected chi connectivity index (χ3v) is 5.21. The number of ether oxygens (including phenoxy) is 1. The number of nitrogens with one attached hydrogen (secondary N) is 2. The molecule has 0 unspecified atom stereocenters. The van der Waals surface area contributed by atoms with Crippen LogP contribution in [0, 0.1) is 0 Å². The van der Waals surface area contributed by atoms with Gasteiger partial charge in [0.15, 0.2) is 6.61 Å². The van der Waals surface area contributed by atoms with Crippen LogP contribution in [0.25, 0.3) is 0 Å². The molecule has 0 radical (unpaired) electrons. The Labute approximate surface area is 191 Å². The van der Waals surface area contributed by atoms with E-state index in [9.17, 15) is 14.7 Å². The average Bonchev–Trinajstić information content (AvgIpc) is 2.70. The first-order valence-electron chi connectivity index (χ1n) is 10.9. The number of carbonyl (C=O) groups excluding carboxylic acids is 2. The third kappa shape index (κ3) is 7.01. The summed E-state index contributed by atoms with van der Waals surface area (Å²) < 4.78 is 5.37. The number of rotatable bonds is 7. The van der Waals surface area contributed by atoms with Gasteiger partial charge in [-0.25, -0.2) is 0 Å². The number of likely N-dealkylation sites (N-methyl/N-ethyl adjacent to an activating group) is 1. The van der Waals surface area contributed by atoms with Gasteiger partial charge in [-0.15, -0.1) is 0 Å². The Balaban J connectivity index is 2.05. The van der Waals surface area contributed by atoms with Gasteiger partial charge >= 0.3 is 0 Å². The molecule has 0 spiro atoms. The van der Waals surface area contributed by atoms with Crippen LogP contribution in [0.15, 0.2) is 36.4 Å². The zero-order valence-corrected chi connectivity index (χ0v) is 20.3. The molecule has 0 heterocycles. The van der Waals surface area contributed by atoms with Crippen molar-refractivity contribution in [2.24, 2.45) is 0 Å². The quantitative estimate of drug-likeness (QED) is 0.583. The molecule has 0 aliphatic heterocycles. The molecule has 0 bridgehead atoms. The maximum Gasteiger partial charge on any atom is 0.257 e. The molecule has 0 aromatic heterocycles. The average molecular weight is 441 g/mol. The summed E-state index contributed by atoms with van der Waals surface area (Å²) in [6.07, 6.45) is 0.901. The number of carbonyl (C=O) groups is 2. The van der Waals surface area contributed by atoms with Crippen LogP contribution in [-0.4, -0.2) is 30.6 Å². The molecule has 0 aliphatic rings. The zero-order valence-electron chi connectivity index (χ0n) is 20.3. The van der Waals surface area contributed by atoms with Gasteiger partial charge in [0.25, 0.3) is 5.91 Å². The topological polar surface area (TPSA) is 87.7 Å². The van der Waals surface area contributed by atoms with Crippen molar-refractivity contribution in [1.29, 1.82) is 0 Å². The fourth-order valence-corrected chi connectivity index (χ4v) is 3.32. The normalized spacial score (nSPS) is 11.7. The first-order chi connectivity index (χ1) is 14.8. The van der Waals surface area contributed by atoms with E-state index in [2.05, 4.69) is 52.2 Å². The maximum atomic E-state index is 12.5. The van der Waals surface area contributed by atoms with Crippen LogP contribution >= 0.6 is 0 Å². The molecule has 2 rings (SSSR count). The lowest BCUT2D eigenvalue weighted by Crippen LogP contribution is -2.24. The van der Waals surface area contributed by atoms with E-state index in [4.69, 9.17) is 4.74 Å². The van der Waals surface area contributed by atoms with Gasteiger partial charge in [0, 0.05) is 19.2 Å². The Morgan fingerprint density at radius 3 is 1.91 bits per heavy atom. The molecule has 0 saturated carbocycles. The Hall–Kier alpha value is -3.02. The van der Waals surface area contributed by atoms with Crippen molar-refractivity contribution in [2.75, 3.05) is 19.0 Å². The fourth-order valence-electron chi connectivity index (χ4n) is 3.32. The molecule has 0 saturated heterocycles. The summed E-state index contributed by atoms with van der Waals surface area (Å²) in [5.74, 6) is 0.601. The lowest BCUT2D eigenvalue weighted by atomic mass is 9.78. The van der Waals surface area contributed by atoms with Crippen LogP contribution in [0.4, 0.5) is 5.69 Å². The number of aryl methyl sites for hydroxylation is 1. The number of hydrogen-bond acceptors (Lipinski definition) is 4. The Kier molecular flexibility index (Phi) is 7.94. The molecule has 2 aromatic rings. The van der Waals surface area contributed by atoms with Gasteiger partial charge in [-0.3, -0.25) is 9.59 Å². The molecule has 0 fully saturated rings. The molecule has 2 aromatic carbocycles. The van der Waals surface area contributed by atoms with Crippen molar-refractivity contribution in [3.05, 3.63) is 53.1 Å². The van der Waals surface area contributed by atoms with Crippen LogP contribution in [0.1, 0.15) is 64.7 Å². The number of phenolic OH excluding ortho intramolecular Hbond substituents is 1. The summed E-state index contributed by atoms with van der Waals surface area (Å²) in [7, 11) is 1.55. The van der Waals surface area contributed by atoms with Gasteiger partial charge in [0.05, 0.1) is 0 Å². The molecular weight excluding hydrogens is 404 g/mol. The van der Waals surface area contributed by atoms with E-state index in [-0.39, 0.29) is 29.3 Å². The summed E-state index contributed by atoms with van der Waals surface area (Å²) in [6, 6.07) is 10.9. The highest BCUT2D eigenvalue weighted by Crippen LogP contribution is 2.40. The number of phenols is 1. The van der Waals surface area contributed by atoms with Crippen molar-refractivity contribution in [2.45, 2.75) is 65.2 Å². The lowest BCUT2D eigenvalue weighted by Gasteiger charge is -2.28. The SMILES string of the molecule is CNC(=O)COc1ccc(NC(=O)CCc2cc(C(C)(C)C)c(O)c(C(C)(C)C)c2)cc1. The van der Waals surface area contributed by atoms with Crippen molar-refractivity contribution >= 4 is 17.5 Å². The van der Waals surface area contributed by atoms with Gasteiger partial charge in [-0.1, -0.05) is 53.7 Å². The van der Waals surface area contributed by atoms with E-state index < -0.39 is 0 Å². The van der Waals surface area contributed by atoms with Crippen molar-refractivity contribution < 1.29 is 19.4 Å². The highest BCUT2D eigenvalue weighted by Gasteiger charge is 2.26. The number of aromatic hydroxyl groups is 1. The summed E-state index contributed by atoms with van der Waals surface area (Å²) in [6.45, 7) is 12.4. The number of benzene rings is 2. The minimum absolute atomic E-state index is 0.0536. The second-order valence-electron chi connectivity index (χ2n) is 10.1. The van der Waals surface area contributed by atoms with Crippen LogP contribution < -0.4 is 15.4 Å². The van der Waals surface area contributed by atoms with Gasteiger partial charge < -0.3 is 20.5 Å². The molecule has 174 valence electrons. The fraction of sp³-hybridized carbons (Fsp3) is 0.462. The molecular formula is C26H36N2O4. The highest BCUT2D eigenvalue weighted by molar-refractivity contribution is 5.90. The van der Waals surface area contributed by atoms with Gasteiger partial charge in [-0.2, -0.15) is 0 Å². The minimum Gasteiger partial charge on any atom is -0.507 e. The second kappa shape index (κ2) is 10.1. The van der Waals surface area contributed by atoms with E-state index >= 15 is 0 Å². The molecule has 0 atom stereocenters. The predicted molar refractivity (Wildman–Crippen MR) is 128 cm³/mol. The van der Waals surface area contributed by atoms with E-state index in [1.807, 2.05) is 12.1 Å². The largest absolute Gasteiger partial charge is 0.507 e. The van der Waals surface area contributed by atoms with Crippen LogP contribution in [0.2, 0.25) is 0 Å². The Morgan fingerprint density at radius 1 is 0.906 bits per heavy atom. The standard InChI is InChI=1S/C26H36N2O4/c1-25(2,3)20-14-17(15-21(24(20)31)26(4,5)6)8-13-22(29)28-18-9-11-19(12-10-18)32-16-23(30)27-7/h9-12,14-15,31H,8,13,16H2,1-7H3,(H,27,30)(H,28,29). The van der Waals surface area contributed by atoms with E-state index in [0.717, 1.165) is 16.7 Å². The first kappa shape index (κ1) is 25.2. The number of hydrogen-bond donors (Lipinski definition) is 3. The highest BCUT2D eigenvalue weighted by atomic mass is 16.5. The molecule has 6 nitrogen and oxygen atoms in total. The lowest BCUT2D eigenvalue weighted by molar-refractivity contribution is -0.122. The van der Waals surface area contributed by atoms with Gasteiger partial charge in [0.1, 0.15) is 11.5 Å². The molecule has 0 aliphatic carbocycles. The van der Waals surface area contributed by atoms with Crippen molar-refractivity contribution in [3.8, 4) is 11.5 Å². The van der Waals surface area contributed by atoms with Crippen molar-refractivity contribution in [3.63, 3.8) is 0 Å². The monoisotopic (exact) mass is 440 g/mol. The zero-order chi connectivity index (χ0) is 24.1. The summed E-state index contributed by atoms with van der Waals surface area (Å²) in [5.41, 5.74) is 3.08. The van der Waals surface area contributed by atoms with E-state index in [1.165, 1.54) is 0 Å². The van der Waals surface area contributed by atoms with Crippen LogP contribution in [0.3, 0.4) is 0 Å². The van der Waals surface area contributed by atoms with Gasteiger partial charge in [-0.05, 0) is 58.2 Å². The molecule has 6 heteroatoms. The van der Waals surface area contributed by atoms with E-state index in [0.29, 0.717) is 30.0 Å². The van der Waals surface area contributed by atoms with Gasteiger partial charge in [0.2, 0.25) is 5.91 Å². The summed E-state index contributed by atoms with van der Waals surface area (Å²) in [4.78, 5) is 23.8. The Bertz CT molecular complexity index is 916. The summed E-state index contributed by atoms with van der Waals surface area (Å²) >= 11 is 0. The molecule has 3 N–H and O–H groups in total. The predicted octanol–water partition coefficient (Wildman–Crippen LogP) is 4.68. The maximum absolute atomic E-state index is 12.5. The second-order valence-corrected chi connectivity index (χ2v) is 10.1. The molecule has 2 amide bonds. The van der Waals surface area contributed by atoms with Crippen LogP contribution in [-0.2, 0) is 26.8 Å². The Morgan fingerprint density at radius 2 is 1.44 bits per heavy atom. The first-order valence-corrected chi connectivity index (χ1v) is 10.9. The number of anilines is 1. The third-order valence-electron chi connectivity index (χ3n) is 5.21. The smallest absolute Gasteiger partial charge is 0.257 e. The minimum atomic E-state index is -0.208. The van der Waals surface area contributed by atoms with E-state index in [1.54, 1.807) is 31.3 Å².